The van der Waals surface area contributed by atoms with Gasteiger partial charge in [-0.05, 0) is 26.7 Å². The van der Waals surface area contributed by atoms with E-state index in [0.29, 0.717) is 11.3 Å². The Bertz CT molecular complexity index is 764. The molecule has 2 aromatic heterocycles. The average molecular weight is 329 g/mol. The Balaban J connectivity index is 2.00. The van der Waals surface area contributed by atoms with Crippen molar-refractivity contribution in [1.29, 1.82) is 5.26 Å². The summed E-state index contributed by atoms with van der Waals surface area (Å²) in [5, 5.41) is 23.5. The quantitative estimate of drug-likeness (QED) is 0.876. The average Bonchev–Trinajstić information content (AvgIpc) is 2.95. The molecule has 1 aliphatic rings. The summed E-state index contributed by atoms with van der Waals surface area (Å²) >= 11 is 0. The number of fused-ring (bicyclic) bond motifs is 1. The van der Waals surface area contributed by atoms with Gasteiger partial charge < -0.3 is 20.5 Å². The number of ether oxygens (including phenoxy) is 1. The zero-order valence-corrected chi connectivity index (χ0v) is 14.1. The van der Waals surface area contributed by atoms with Crippen molar-refractivity contribution in [3.8, 4) is 11.8 Å². The standard InChI is InChI=1S/C17H23N5O2/c1-17(2,23)11-24-14-7-15(21-5-3-13(19)4-6-21)16-12(8-18)9-20-22(16)10-14/h7,9-10,13,23H,3-6,11,19H2,1-2H3. The molecule has 0 bridgehead atoms. The van der Waals surface area contributed by atoms with Gasteiger partial charge in [-0.15, -0.1) is 0 Å². The second kappa shape index (κ2) is 6.30. The lowest BCUT2D eigenvalue weighted by Gasteiger charge is -2.32. The lowest BCUT2D eigenvalue weighted by atomic mass is 10.0. The minimum absolute atomic E-state index is 0.176. The smallest absolute Gasteiger partial charge is 0.139 e. The van der Waals surface area contributed by atoms with Gasteiger partial charge in [-0.2, -0.15) is 10.4 Å². The van der Waals surface area contributed by atoms with E-state index in [1.54, 1.807) is 30.8 Å². The normalized spacial score (nSPS) is 16.4. The van der Waals surface area contributed by atoms with Crippen LogP contribution in [0.5, 0.6) is 5.75 Å². The molecule has 3 N–H and O–H groups in total. The molecule has 0 aromatic carbocycles. The molecular weight excluding hydrogens is 306 g/mol. The number of anilines is 1. The maximum Gasteiger partial charge on any atom is 0.139 e. The third kappa shape index (κ3) is 3.45. The molecule has 0 unspecified atom stereocenters. The largest absolute Gasteiger partial charge is 0.489 e. The van der Waals surface area contributed by atoms with E-state index in [1.165, 1.54) is 0 Å². The van der Waals surface area contributed by atoms with Crippen molar-refractivity contribution in [3.05, 3.63) is 24.0 Å². The first kappa shape index (κ1) is 16.6. The molecule has 7 nitrogen and oxygen atoms in total. The second-order valence-electron chi connectivity index (χ2n) is 6.95. The molecule has 0 amide bonds. The van der Waals surface area contributed by atoms with E-state index < -0.39 is 5.60 Å². The van der Waals surface area contributed by atoms with Crippen LogP contribution in [-0.2, 0) is 0 Å². The van der Waals surface area contributed by atoms with Crippen LogP contribution in [0.1, 0.15) is 32.3 Å². The van der Waals surface area contributed by atoms with Gasteiger partial charge in [0, 0.05) is 25.2 Å². The van der Waals surface area contributed by atoms with Crippen molar-refractivity contribution in [2.45, 2.75) is 38.3 Å². The summed E-state index contributed by atoms with van der Waals surface area (Å²) in [5.41, 5.74) is 7.32. The summed E-state index contributed by atoms with van der Waals surface area (Å²) in [5.74, 6) is 0.613. The van der Waals surface area contributed by atoms with Gasteiger partial charge in [0.15, 0.2) is 0 Å². The molecule has 1 aliphatic heterocycles. The molecule has 0 radical (unpaired) electrons. The molecule has 1 saturated heterocycles. The lowest BCUT2D eigenvalue weighted by molar-refractivity contribution is 0.0283. The Hall–Kier alpha value is -2.30. The fourth-order valence-corrected chi connectivity index (χ4v) is 2.88. The lowest BCUT2D eigenvalue weighted by Crippen LogP contribution is -2.39. The van der Waals surface area contributed by atoms with Crippen molar-refractivity contribution in [1.82, 2.24) is 9.61 Å². The Morgan fingerprint density at radius 3 is 2.79 bits per heavy atom. The highest BCUT2D eigenvalue weighted by Crippen LogP contribution is 2.31. The molecule has 0 atom stereocenters. The van der Waals surface area contributed by atoms with Gasteiger partial charge in [0.05, 0.1) is 29.2 Å². The number of nitrogens with zero attached hydrogens (tertiary/aromatic N) is 4. The predicted molar refractivity (Wildman–Crippen MR) is 91.1 cm³/mol. The number of aliphatic hydroxyl groups is 1. The highest BCUT2D eigenvalue weighted by atomic mass is 16.5. The Morgan fingerprint density at radius 2 is 2.17 bits per heavy atom. The molecule has 7 heteroatoms. The van der Waals surface area contributed by atoms with Crippen molar-refractivity contribution in [2.24, 2.45) is 5.73 Å². The first-order valence-corrected chi connectivity index (χ1v) is 8.14. The van der Waals surface area contributed by atoms with Crippen LogP contribution < -0.4 is 15.4 Å². The van der Waals surface area contributed by atoms with Crippen LogP contribution in [0.4, 0.5) is 5.69 Å². The van der Waals surface area contributed by atoms with Crippen LogP contribution in [0.15, 0.2) is 18.5 Å². The van der Waals surface area contributed by atoms with Gasteiger partial charge in [-0.1, -0.05) is 0 Å². The summed E-state index contributed by atoms with van der Waals surface area (Å²) in [4.78, 5) is 2.22. The number of piperidine rings is 1. The number of nitrogens with two attached hydrogens (primary N) is 1. The van der Waals surface area contributed by atoms with E-state index in [1.807, 2.05) is 6.07 Å². The van der Waals surface area contributed by atoms with Crippen LogP contribution >= 0.6 is 0 Å². The molecule has 1 fully saturated rings. The van der Waals surface area contributed by atoms with Gasteiger partial charge in [-0.3, -0.25) is 0 Å². The third-order valence-electron chi connectivity index (χ3n) is 4.16. The van der Waals surface area contributed by atoms with E-state index in [2.05, 4.69) is 16.1 Å². The Labute approximate surface area is 141 Å². The van der Waals surface area contributed by atoms with E-state index in [-0.39, 0.29) is 12.6 Å². The van der Waals surface area contributed by atoms with Gasteiger partial charge in [-0.25, -0.2) is 4.52 Å². The fraction of sp³-hybridized carbons (Fsp3) is 0.529. The fourth-order valence-electron chi connectivity index (χ4n) is 2.88. The number of pyridine rings is 1. The van der Waals surface area contributed by atoms with E-state index in [9.17, 15) is 10.4 Å². The molecule has 0 spiro atoms. The summed E-state index contributed by atoms with van der Waals surface area (Å²) in [6.45, 7) is 5.24. The number of nitriles is 1. The van der Waals surface area contributed by atoms with Crippen LogP contribution in [0.3, 0.4) is 0 Å². The van der Waals surface area contributed by atoms with Crippen molar-refractivity contribution in [3.63, 3.8) is 0 Å². The molecule has 3 heterocycles. The van der Waals surface area contributed by atoms with Crippen molar-refractivity contribution in [2.75, 3.05) is 24.6 Å². The van der Waals surface area contributed by atoms with Gasteiger partial charge >= 0.3 is 0 Å². The minimum Gasteiger partial charge on any atom is -0.489 e. The molecule has 3 rings (SSSR count). The van der Waals surface area contributed by atoms with Crippen LogP contribution in [-0.4, -0.2) is 46.1 Å². The topological polar surface area (TPSA) is 99.8 Å². The van der Waals surface area contributed by atoms with Crippen LogP contribution in [0.2, 0.25) is 0 Å². The monoisotopic (exact) mass is 329 g/mol. The Morgan fingerprint density at radius 1 is 1.46 bits per heavy atom. The minimum atomic E-state index is -0.922. The first-order valence-electron chi connectivity index (χ1n) is 8.14. The van der Waals surface area contributed by atoms with Crippen molar-refractivity contribution < 1.29 is 9.84 Å². The third-order valence-corrected chi connectivity index (χ3v) is 4.16. The second-order valence-corrected chi connectivity index (χ2v) is 6.95. The molecule has 0 saturated carbocycles. The summed E-state index contributed by atoms with van der Waals surface area (Å²) in [6.07, 6.45) is 5.13. The van der Waals surface area contributed by atoms with E-state index in [0.717, 1.165) is 37.1 Å². The van der Waals surface area contributed by atoms with Crippen molar-refractivity contribution >= 4 is 11.2 Å². The van der Waals surface area contributed by atoms with Crippen LogP contribution in [0.25, 0.3) is 5.52 Å². The number of aromatic nitrogens is 2. The van der Waals surface area contributed by atoms with Gasteiger partial charge in [0.1, 0.15) is 23.9 Å². The molecule has 128 valence electrons. The number of hydrogen-bond donors (Lipinski definition) is 2. The first-order chi connectivity index (χ1) is 11.4. The Kier molecular flexibility index (Phi) is 4.35. The maximum atomic E-state index is 9.87. The maximum absolute atomic E-state index is 9.87. The summed E-state index contributed by atoms with van der Waals surface area (Å²) < 4.78 is 7.40. The highest BCUT2D eigenvalue weighted by Gasteiger charge is 2.22. The van der Waals surface area contributed by atoms with Gasteiger partial charge in [0.2, 0.25) is 0 Å². The zero-order chi connectivity index (χ0) is 17.3. The SMILES string of the molecule is CC(C)(O)COc1cc(N2CCC(N)CC2)c2c(C#N)cnn2c1. The molecule has 2 aromatic rings. The van der Waals surface area contributed by atoms with E-state index >= 15 is 0 Å². The summed E-state index contributed by atoms with van der Waals surface area (Å²) in [7, 11) is 0. The summed E-state index contributed by atoms with van der Waals surface area (Å²) in [6, 6.07) is 4.34. The molecule has 0 aliphatic carbocycles. The number of hydrogen-bond acceptors (Lipinski definition) is 6. The predicted octanol–water partition coefficient (Wildman–Crippen LogP) is 1.28. The zero-order valence-electron chi connectivity index (χ0n) is 14.1. The van der Waals surface area contributed by atoms with Crippen LogP contribution in [0, 0.1) is 11.3 Å². The molecular formula is C17H23N5O2. The molecule has 24 heavy (non-hydrogen) atoms. The number of rotatable bonds is 4. The van der Waals surface area contributed by atoms with E-state index in [4.69, 9.17) is 10.5 Å². The van der Waals surface area contributed by atoms with Gasteiger partial charge in [0.25, 0.3) is 0 Å². The highest BCUT2D eigenvalue weighted by molar-refractivity contribution is 5.80.